The molecule has 0 spiro atoms. The molecule has 2 rings (SSSR count). The molecular formula is C12H9Br2ClN2OS. The molecule has 0 aliphatic rings. The van der Waals surface area contributed by atoms with Gasteiger partial charge in [-0.2, -0.15) is 0 Å². The molecule has 19 heavy (non-hydrogen) atoms. The van der Waals surface area contributed by atoms with Gasteiger partial charge in [0.1, 0.15) is 5.15 Å². The summed E-state index contributed by atoms with van der Waals surface area (Å²) >= 11 is 14.2. The highest BCUT2D eigenvalue weighted by atomic mass is 79.9. The summed E-state index contributed by atoms with van der Waals surface area (Å²) in [5, 5.41) is 2.22. The third-order valence-corrected chi connectivity index (χ3v) is 4.71. The second-order valence-electron chi connectivity index (χ2n) is 3.91. The largest absolute Gasteiger partial charge is 0.337 e. The lowest BCUT2D eigenvalue weighted by atomic mass is 10.2. The van der Waals surface area contributed by atoms with Gasteiger partial charge in [-0.05, 0) is 54.9 Å². The Bertz CT molecular complexity index is 618. The van der Waals surface area contributed by atoms with Crippen molar-refractivity contribution in [3.05, 3.63) is 48.2 Å². The summed E-state index contributed by atoms with van der Waals surface area (Å²) < 4.78 is 1.78. The first-order chi connectivity index (χ1) is 8.97. The van der Waals surface area contributed by atoms with Gasteiger partial charge in [0.05, 0.1) is 9.35 Å². The molecule has 0 aliphatic carbocycles. The Hall–Kier alpha value is -0.430. The van der Waals surface area contributed by atoms with E-state index < -0.39 is 0 Å². The van der Waals surface area contributed by atoms with Gasteiger partial charge in [-0.3, -0.25) is 4.79 Å². The molecular weight excluding hydrogens is 415 g/mol. The third-order valence-electron chi connectivity index (χ3n) is 2.42. The Labute approximate surface area is 136 Å². The zero-order valence-corrected chi connectivity index (χ0v) is 14.6. The van der Waals surface area contributed by atoms with Crippen LogP contribution in [0, 0.1) is 0 Å². The van der Waals surface area contributed by atoms with Gasteiger partial charge >= 0.3 is 0 Å². The predicted octanol–water partition coefficient (Wildman–Crippen LogP) is 4.59. The molecule has 1 amide bonds. The van der Waals surface area contributed by atoms with Crippen LogP contribution in [-0.4, -0.2) is 22.8 Å². The number of rotatable bonds is 3. The molecule has 0 radical (unpaired) electrons. The van der Waals surface area contributed by atoms with E-state index in [2.05, 4.69) is 36.8 Å². The monoisotopic (exact) mass is 422 g/mol. The lowest BCUT2D eigenvalue weighted by Gasteiger charge is -2.17. The Kier molecular flexibility index (Phi) is 5.00. The number of nitrogens with zero attached hydrogens (tertiary/aromatic N) is 2. The number of thiophene rings is 1. The number of amides is 1. The van der Waals surface area contributed by atoms with E-state index in [-0.39, 0.29) is 11.1 Å². The van der Waals surface area contributed by atoms with Crippen LogP contribution in [0.4, 0.5) is 0 Å². The highest BCUT2D eigenvalue weighted by Crippen LogP contribution is 2.23. The second-order valence-corrected chi connectivity index (χ2v) is 7.48. The molecule has 2 heterocycles. The summed E-state index contributed by atoms with van der Waals surface area (Å²) in [7, 11) is 1.74. The summed E-state index contributed by atoms with van der Waals surface area (Å²) in [5.41, 5.74) is 1.47. The highest BCUT2D eigenvalue weighted by molar-refractivity contribution is 9.11. The Balaban J connectivity index is 2.16. The van der Waals surface area contributed by atoms with E-state index in [9.17, 15) is 4.79 Å². The molecule has 0 fully saturated rings. The minimum absolute atomic E-state index is 0.152. The van der Waals surface area contributed by atoms with E-state index in [4.69, 9.17) is 11.6 Å². The van der Waals surface area contributed by atoms with Gasteiger partial charge in [0.25, 0.3) is 5.91 Å². The van der Waals surface area contributed by atoms with Gasteiger partial charge in [0.2, 0.25) is 0 Å². The molecule has 0 bridgehead atoms. The summed E-state index contributed by atoms with van der Waals surface area (Å²) in [6, 6.07) is 3.67. The maximum absolute atomic E-state index is 12.3. The highest BCUT2D eigenvalue weighted by Gasteiger charge is 2.17. The van der Waals surface area contributed by atoms with Crippen LogP contribution in [0.3, 0.4) is 0 Å². The molecule has 2 aromatic heterocycles. The average Bonchev–Trinajstić information content (AvgIpc) is 2.77. The number of carbonyl (C=O) groups is 1. The number of pyridine rings is 1. The minimum atomic E-state index is -0.152. The fourth-order valence-electron chi connectivity index (χ4n) is 1.55. The maximum atomic E-state index is 12.3. The summed E-state index contributed by atoms with van der Waals surface area (Å²) in [5.74, 6) is -0.152. The van der Waals surface area contributed by atoms with E-state index in [1.54, 1.807) is 35.5 Å². The Morgan fingerprint density at radius 2 is 2.21 bits per heavy atom. The van der Waals surface area contributed by atoms with Crippen molar-refractivity contribution in [3.63, 3.8) is 0 Å². The van der Waals surface area contributed by atoms with Crippen molar-refractivity contribution in [1.29, 1.82) is 0 Å². The molecule has 0 unspecified atom stereocenters. The molecule has 100 valence electrons. The first-order valence-corrected chi connectivity index (χ1v) is 8.11. The standard InChI is InChI=1S/C12H9Br2ClN2OS/c1-17(5-7-2-10(14)19-6-7)12(18)9-3-8(13)4-16-11(9)15/h2-4,6H,5H2,1H3. The predicted molar refractivity (Wildman–Crippen MR) is 84.8 cm³/mol. The van der Waals surface area contributed by atoms with Crippen molar-refractivity contribution in [3.8, 4) is 0 Å². The molecule has 0 N–H and O–H groups in total. The smallest absolute Gasteiger partial charge is 0.257 e. The van der Waals surface area contributed by atoms with Crippen LogP contribution in [0.15, 0.2) is 32.0 Å². The first-order valence-electron chi connectivity index (χ1n) is 5.27. The molecule has 0 saturated carbocycles. The van der Waals surface area contributed by atoms with Crippen molar-refractivity contribution < 1.29 is 4.79 Å². The molecule has 0 aromatic carbocycles. The van der Waals surface area contributed by atoms with Crippen LogP contribution < -0.4 is 0 Å². The molecule has 2 aromatic rings. The normalized spacial score (nSPS) is 10.5. The van der Waals surface area contributed by atoms with E-state index >= 15 is 0 Å². The number of halogens is 3. The maximum Gasteiger partial charge on any atom is 0.257 e. The molecule has 0 saturated heterocycles. The van der Waals surface area contributed by atoms with Crippen molar-refractivity contribution in [2.45, 2.75) is 6.54 Å². The van der Waals surface area contributed by atoms with Crippen LogP contribution >= 0.6 is 54.8 Å². The zero-order chi connectivity index (χ0) is 14.0. The topological polar surface area (TPSA) is 33.2 Å². The molecule has 0 atom stereocenters. The van der Waals surface area contributed by atoms with E-state index in [0.29, 0.717) is 12.1 Å². The van der Waals surface area contributed by atoms with Crippen LogP contribution in [0.1, 0.15) is 15.9 Å². The number of carbonyl (C=O) groups excluding carboxylic acids is 1. The van der Waals surface area contributed by atoms with Crippen LogP contribution in [0.25, 0.3) is 0 Å². The van der Waals surface area contributed by atoms with Crippen LogP contribution in [0.2, 0.25) is 5.15 Å². The lowest BCUT2D eigenvalue weighted by molar-refractivity contribution is 0.0785. The van der Waals surface area contributed by atoms with Gasteiger partial charge in [-0.15, -0.1) is 11.3 Å². The van der Waals surface area contributed by atoms with Crippen molar-refractivity contribution in [1.82, 2.24) is 9.88 Å². The van der Waals surface area contributed by atoms with Gasteiger partial charge < -0.3 is 4.90 Å². The van der Waals surface area contributed by atoms with E-state index in [1.807, 2.05) is 11.4 Å². The first kappa shape index (κ1) is 15.0. The fraction of sp³-hybridized carbons (Fsp3) is 0.167. The van der Waals surface area contributed by atoms with Gasteiger partial charge in [-0.25, -0.2) is 4.98 Å². The summed E-state index contributed by atoms with van der Waals surface area (Å²) in [6.07, 6.45) is 1.56. The molecule has 7 heteroatoms. The Morgan fingerprint density at radius 3 is 2.84 bits per heavy atom. The van der Waals surface area contributed by atoms with E-state index in [0.717, 1.165) is 13.8 Å². The number of aromatic nitrogens is 1. The summed E-state index contributed by atoms with van der Waals surface area (Å²) in [6.45, 7) is 0.532. The number of hydrogen-bond donors (Lipinski definition) is 0. The van der Waals surface area contributed by atoms with Crippen LogP contribution in [-0.2, 0) is 6.54 Å². The zero-order valence-electron chi connectivity index (χ0n) is 9.86. The fourth-order valence-corrected chi connectivity index (χ4v) is 3.27. The van der Waals surface area contributed by atoms with Crippen molar-refractivity contribution in [2.24, 2.45) is 0 Å². The minimum Gasteiger partial charge on any atom is -0.337 e. The van der Waals surface area contributed by atoms with Gasteiger partial charge in [-0.1, -0.05) is 11.6 Å². The van der Waals surface area contributed by atoms with E-state index in [1.165, 1.54) is 0 Å². The summed E-state index contributed by atoms with van der Waals surface area (Å²) in [4.78, 5) is 17.9. The quantitative estimate of drug-likeness (QED) is 0.675. The second kappa shape index (κ2) is 6.35. The van der Waals surface area contributed by atoms with Gasteiger partial charge in [0.15, 0.2) is 0 Å². The number of hydrogen-bond acceptors (Lipinski definition) is 3. The lowest BCUT2D eigenvalue weighted by Crippen LogP contribution is -2.26. The van der Waals surface area contributed by atoms with Gasteiger partial charge in [0, 0.05) is 24.3 Å². The Morgan fingerprint density at radius 1 is 1.47 bits per heavy atom. The SMILES string of the molecule is CN(Cc1csc(Br)c1)C(=O)c1cc(Br)cnc1Cl. The van der Waals surface area contributed by atoms with Crippen molar-refractivity contribution >= 4 is 60.7 Å². The molecule has 3 nitrogen and oxygen atoms in total. The van der Waals surface area contributed by atoms with Crippen molar-refractivity contribution in [2.75, 3.05) is 7.05 Å². The van der Waals surface area contributed by atoms with Crippen LogP contribution in [0.5, 0.6) is 0 Å². The third kappa shape index (κ3) is 3.78. The average molecular weight is 425 g/mol. The molecule has 0 aliphatic heterocycles.